The van der Waals surface area contributed by atoms with Gasteiger partial charge in [-0.2, -0.15) is 13.2 Å². The molecule has 0 atom stereocenters. The number of benzene rings is 1. The molecule has 3 nitrogen and oxygen atoms in total. The van der Waals surface area contributed by atoms with E-state index in [-0.39, 0.29) is 18.0 Å². The van der Waals surface area contributed by atoms with Crippen LogP contribution >= 0.6 is 15.9 Å². The monoisotopic (exact) mass is 442 g/mol. The van der Waals surface area contributed by atoms with Crippen LogP contribution in [0.25, 0.3) is 0 Å². The molecule has 0 aliphatic rings. The molecule has 0 unspecified atom stereocenters. The number of rotatable bonds is 5. The number of nitrogens with zero attached hydrogens (tertiary/aromatic N) is 1. The van der Waals surface area contributed by atoms with Crippen LogP contribution < -0.4 is 5.32 Å². The Labute approximate surface area is 165 Å². The molecule has 0 saturated carbocycles. The Morgan fingerprint density at radius 2 is 1.81 bits per heavy atom. The normalized spacial score (nSPS) is 11.4. The zero-order valence-corrected chi connectivity index (χ0v) is 17.3. The van der Waals surface area contributed by atoms with Crippen LogP contribution in [0.15, 0.2) is 46.0 Å². The molecule has 0 spiro atoms. The Balaban J connectivity index is 2.23. The topological polar surface area (TPSA) is 34.0 Å². The third-order valence-corrected chi connectivity index (χ3v) is 5.25. The number of nitrogens with one attached hydrogen (secondary N) is 1. The smallest absolute Gasteiger partial charge is 0.348 e. The van der Waals surface area contributed by atoms with Gasteiger partial charge in [0.2, 0.25) is 0 Å². The first-order valence-electron chi connectivity index (χ1n) is 8.44. The lowest BCUT2D eigenvalue weighted by Gasteiger charge is -2.17. The molecule has 1 aromatic carbocycles. The third-order valence-electron chi connectivity index (χ3n) is 4.48. The van der Waals surface area contributed by atoms with Crippen LogP contribution in [-0.4, -0.2) is 16.7 Å². The Morgan fingerprint density at radius 3 is 2.37 bits per heavy atom. The molecule has 0 fully saturated rings. The molecular weight excluding hydrogens is 421 g/mol. The first-order chi connectivity index (χ1) is 12.5. The minimum absolute atomic E-state index is 0.218. The van der Waals surface area contributed by atoms with E-state index in [1.54, 1.807) is 19.9 Å². The summed E-state index contributed by atoms with van der Waals surface area (Å²) in [5.41, 5.74) is 2.06. The van der Waals surface area contributed by atoms with Crippen molar-refractivity contribution in [3.63, 3.8) is 0 Å². The fourth-order valence-electron chi connectivity index (χ4n) is 2.88. The minimum Gasteiger partial charge on any atom is -0.348 e. The van der Waals surface area contributed by atoms with E-state index in [1.165, 1.54) is 18.4 Å². The number of hydrogen-bond acceptors (Lipinski definition) is 1. The van der Waals surface area contributed by atoms with Gasteiger partial charge in [0.25, 0.3) is 5.91 Å². The molecule has 2 aromatic rings. The van der Waals surface area contributed by atoms with E-state index in [0.717, 1.165) is 10.0 Å². The van der Waals surface area contributed by atoms with E-state index in [0.29, 0.717) is 23.5 Å². The highest BCUT2D eigenvalue weighted by molar-refractivity contribution is 9.10. The maximum atomic E-state index is 13.3. The predicted molar refractivity (Wildman–Crippen MR) is 104 cm³/mol. The zero-order chi connectivity index (χ0) is 20.4. The number of carbonyl (C=O) groups is 1. The van der Waals surface area contributed by atoms with Crippen LogP contribution in [0.3, 0.4) is 0 Å². The summed E-state index contributed by atoms with van der Waals surface area (Å²) >= 11 is 3.42. The van der Waals surface area contributed by atoms with Gasteiger partial charge in [-0.25, -0.2) is 0 Å². The zero-order valence-electron chi connectivity index (χ0n) is 15.7. The molecule has 27 heavy (non-hydrogen) atoms. The second kappa shape index (κ2) is 8.33. The summed E-state index contributed by atoms with van der Waals surface area (Å²) < 4.78 is 42.2. The van der Waals surface area contributed by atoms with Crippen LogP contribution in [0.2, 0.25) is 0 Å². The van der Waals surface area contributed by atoms with Gasteiger partial charge >= 0.3 is 6.18 Å². The van der Waals surface area contributed by atoms with Gasteiger partial charge in [-0.1, -0.05) is 39.7 Å². The number of aryl methyl sites for hydroxylation is 1. The summed E-state index contributed by atoms with van der Waals surface area (Å²) in [5, 5.41) is 2.83. The number of aromatic nitrogens is 1. The number of carbonyl (C=O) groups excluding carboxylic acids is 1. The summed E-state index contributed by atoms with van der Waals surface area (Å²) in [6.07, 6.45) is -4.40. The first-order valence-corrected chi connectivity index (χ1v) is 9.23. The summed E-state index contributed by atoms with van der Waals surface area (Å²) in [7, 11) is 0. The van der Waals surface area contributed by atoms with Gasteiger partial charge in [-0.15, -0.1) is 0 Å². The van der Waals surface area contributed by atoms with Gasteiger partial charge in [0.05, 0.1) is 17.7 Å². The van der Waals surface area contributed by atoms with E-state index in [2.05, 4.69) is 21.2 Å². The molecule has 2 rings (SSSR count). The molecule has 0 aliphatic carbocycles. The van der Waals surface area contributed by atoms with Crippen molar-refractivity contribution in [3.8, 4) is 0 Å². The number of allylic oxidation sites excluding steroid dienone is 2. The number of halogens is 4. The second-order valence-electron chi connectivity index (χ2n) is 6.62. The minimum atomic E-state index is -4.40. The highest BCUT2D eigenvalue weighted by atomic mass is 79.9. The number of amides is 1. The lowest BCUT2D eigenvalue weighted by molar-refractivity contribution is -0.0956. The van der Waals surface area contributed by atoms with Gasteiger partial charge in [0.1, 0.15) is 0 Å². The number of hydrogen-bond donors (Lipinski definition) is 1. The van der Waals surface area contributed by atoms with Crippen molar-refractivity contribution in [1.29, 1.82) is 0 Å². The number of alkyl halides is 3. The van der Waals surface area contributed by atoms with Crippen LogP contribution in [-0.2, 0) is 13.1 Å². The van der Waals surface area contributed by atoms with Crippen LogP contribution in [0.5, 0.6) is 0 Å². The first kappa shape index (κ1) is 21.3. The molecule has 146 valence electrons. The molecule has 0 aliphatic heterocycles. The highest BCUT2D eigenvalue weighted by Gasteiger charge is 2.35. The van der Waals surface area contributed by atoms with Crippen molar-refractivity contribution in [2.45, 2.75) is 47.0 Å². The quantitative estimate of drug-likeness (QED) is 0.592. The third kappa shape index (κ3) is 5.03. The van der Waals surface area contributed by atoms with Crippen LogP contribution in [0.4, 0.5) is 13.2 Å². The lowest BCUT2D eigenvalue weighted by Crippen LogP contribution is -2.24. The van der Waals surface area contributed by atoms with E-state index >= 15 is 0 Å². The Bertz CT molecular complexity index is 878. The largest absolute Gasteiger partial charge is 0.414 e. The van der Waals surface area contributed by atoms with Gasteiger partial charge in [0, 0.05) is 22.4 Å². The van der Waals surface area contributed by atoms with Crippen molar-refractivity contribution in [2.75, 3.05) is 0 Å². The fraction of sp³-hybridized carbons (Fsp3) is 0.350. The molecule has 1 aromatic heterocycles. The summed E-state index contributed by atoms with van der Waals surface area (Å²) in [4.78, 5) is 12.6. The maximum absolute atomic E-state index is 13.3. The molecule has 0 radical (unpaired) electrons. The van der Waals surface area contributed by atoms with E-state index in [4.69, 9.17) is 0 Å². The lowest BCUT2D eigenvalue weighted by atomic mass is 10.1. The maximum Gasteiger partial charge on any atom is 0.414 e. The average molecular weight is 443 g/mol. The fourth-order valence-corrected chi connectivity index (χ4v) is 3.30. The molecule has 1 N–H and O–H groups in total. The van der Waals surface area contributed by atoms with E-state index in [9.17, 15) is 18.0 Å². The molecule has 1 amide bonds. The molecule has 0 bridgehead atoms. The summed E-state index contributed by atoms with van der Waals surface area (Å²) in [6, 6.07) is 9.15. The molecular formula is C20H22BrF3N2O. The van der Waals surface area contributed by atoms with Crippen molar-refractivity contribution in [2.24, 2.45) is 0 Å². The van der Waals surface area contributed by atoms with Gasteiger partial charge < -0.3 is 9.88 Å². The van der Waals surface area contributed by atoms with Crippen molar-refractivity contribution >= 4 is 21.8 Å². The highest BCUT2D eigenvalue weighted by Crippen LogP contribution is 2.31. The summed E-state index contributed by atoms with van der Waals surface area (Å²) in [5.74, 6) is -0.309. The van der Waals surface area contributed by atoms with Crippen molar-refractivity contribution < 1.29 is 18.0 Å². The van der Waals surface area contributed by atoms with E-state index in [1.807, 2.05) is 24.3 Å². The Hall–Kier alpha value is -2.02. The SMILES string of the molecule is CC(C)=C(Cn1c(C)cc(C(=O)NCc2ccccc2Br)c1C)C(F)(F)F. The van der Waals surface area contributed by atoms with Crippen LogP contribution in [0.1, 0.15) is 41.2 Å². The van der Waals surface area contributed by atoms with Gasteiger partial charge in [-0.05, 0) is 45.4 Å². The molecule has 0 saturated heterocycles. The van der Waals surface area contributed by atoms with Crippen molar-refractivity contribution in [3.05, 3.63) is 68.5 Å². The van der Waals surface area contributed by atoms with Gasteiger partial charge in [0.15, 0.2) is 0 Å². The molecule has 7 heteroatoms. The van der Waals surface area contributed by atoms with Crippen molar-refractivity contribution in [1.82, 2.24) is 9.88 Å². The van der Waals surface area contributed by atoms with Gasteiger partial charge in [-0.3, -0.25) is 4.79 Å². The Kier molecular flexibility index (Phi) is 6.57. The average Bonchev–Trinajstić information content (AvgIpc) is 2.84. The standard InChI is InChI=1S/C20H22BrF3N2O/c1-12(2)17(20(22,23)24)11-26-13(3)9-16(14(26)4)19(27)25-10-15-7-5-6-8-18(15)21/h5-9H,10-11H2,1-4H3,(H,25,27). The van der Waals surface area contributed by atoms with E-state index < -0.39 is 11.7 Å². The molecule has 1 heterocycles. The second-order valence-corrected chi connectivity index (χ2v) is 7.48. The predicted octanol–water partition coefficient (Wildman–Crippen LogP) is 5.70. The van der Waals surface area contributed by atoms with Crippen LogP contribution in [0, 0.1) is 13.8 Å². The Morgan fingerprint density at radius 1 is 1.19 bits per heavy atom. The summed E-state index contributed by atoms with van der Waals surface area (Å²) in [6.45, 7) is 6.28.